The van der Waals surface area contributed by atoms with E-state index in [1.165, 1.54) is 0 Å². The molecule has 0 atom stereocenters. The first-order valence-electron chi connectivity index (χ1n) is 5.44. The summed E-state index contributed by atoms with van der Waals surface area (Å²) in [5, 5.41) is 9.23. The van der Waals surface area contributed by atoms with Crippen molar-refractivity contribution in [3.8, 4) is 0 Å². The van der Waals surface area contributed by atoms with Gasteiger partial charge in [0.1, 0.15) is 0 Å². The molecule has 1 aliphatic rings. The largest absolute Gasteiger partial charge is 0.343 e. The number of rotatable bonds is 5. The van der Waals surface area contributed by atoms with E-state index in [2.05, 4.69) is 15.1 Å². The molecule has 1 aromatic rings. The van der Waals surface area contributed by atoms with Crippen LogP contribution in [0, 0.1) is 0 Å². The van der Waals surface area contributed by atoms with E-state index < -0.39 is 0 Å². The number of carbonyl (C=O) groups excluding carboxylic acids is 1. The highest BCUT2D eigenvalue weighted by Crippen LogP contribution is 2.28. The maximum Gasteiger partial charge on any atom is 0.209 e. The Labute approximate surface area is 108 Å². The Morgan fingerprint density at radius 1 is 1.35 bits per heavy atom. The highest BCUT2D eigenvalue weighted by atomic mass is 32.2. The number of hydrogen-bond acceptors (Lipinski definition) is 7. The second kappa shape index (κ2) is 6.18. The number of hydrogen-bond donors (Lipinski definition) is 1. The van der Waals surface area contributed by atoms with Gasteiger partial charge in [-0.05, 0) is 0 Å². The molecule has 0 aliphatic carbocycles. The van der Waals surface area contributed by atoms with E-state index in [-0.39, 0.29) is 0 Å². The molecule has 2 N–H and O–H groups in total. The van der Waals surface area contributed by atoms with Gasteiger partial charge in [0.15, 0.2) is 4.34 Å². The summed E-state index contributed by atoms with van der Waals surface area (Å²) in [4.78, 5) is 14.5. The van der Waals surface area contributed by atoms with E-state index in [1.807, 2.05) is 0 Å². The molecule has 2 heterocycles. The topological polar surface area (TPSA) is 75.3 Å². The number of thioether (sulfide) groups is 1. The summed E-state index contributed by atoms with van der Waals surface area (Å²) in [6.07, 6.45) is 0.903. The Bertz CT molecular complexity index is 364. The maximum absolute atomic E-state index is 10.6. The summed E-state index contributed by atoms with van der Waals surface area (Å²) < 4.78 is 0.961. The van der Waals surface area contributed by atoms with Crippen LogP contribution in [-0.4, -0.2) is 60.0 Å². The lowest BCUT2D eigenvalue weighted by Gasteiger charge is -2.31. The Balaban J connectivity index is 1.89. The quantitative estimate of drug-likeness (QED) is 0.595. The number of nitrogens with two attached hydrogens (primary N) is 1. The second-order valence-corrected chi connectivity index (χ2v) is 5.91. The van der Waals surface area contributed by atoms with Crippen LogP contribution in [0.3, 0.4) is 0 Å². The highest BCUT2D eigenvalue weighted by Gasteiger charge is 2.18. The van der Waals surface area contributed by atoms with Crippen molar-refractivity contribution >= 4 is 34.6 Å². The number of carbonyl (C=O) groups is 1. The fourth-order valence-corrected chi connectivity index (χ4v) is 3.28. The van der Waals surface area contributed by atoms with E-state index in [0.717, 1.165) is 47.8 Å². The predicted molar refractivity (Wildman–Crippen MR) is 69.5 cm³/mol. The molecule has 1 fully saturated rings. The van der Waals surface area contributed by atoms with Gasteiger partial charge in [-0.3, -0.25) is 4.79 Å². The molecule has 1 amide bonds. The van der Waals surface area contributed by atoms with Crippen LogP contribution in [0.1, 0.15) is 0 Å². The monoisotopic (exact) mass is 273 g/mol. The number of nitrogens with zero attached hydrogens (tertiary/aromatic N) is 4. The van der Waals surface area contributed by atoms with E-state index in [0.29, 0.717) is 6.54 Å². The molecule has 2 rings (SSSR count). The molecule has 0 spiro atoms. The van der Waals surface area contributed by atoms with E-state index in [9.17, 15) is 4.79 Å². The van der Waals surface area contributed by atoms with E-state index >= 15 is 0 Å². The normalized spacial score (nSPS) is 16.3. The minimum absolute atomic E-state index is 0.650. The highest BCUT2D eigenvalue weighted by molar-refractivity contribution is 8.01. The van der Waals surface area contributed by atoms with E-state index in [1.54, 1.807) is 28.0 Å². The third-order valence-electron chi connectivity index (χ3n) is 2.47. The Hall–Kier alpha value is -0.860. The summed E-state index contributed by atoms with van der Waals surface area (Å²) in [6.45, 7) is 3.82. The zero-order valence-corrected chi connectivity index (χ0v) is 11.0. The van der Waals surface area contributed by atoms with Crippen LogP contribution in [-0.2, 0) is 4.79 Å². The molecule has 6 nitrogen and oxygen atoms in total. The smallest absolute Gasteiger partial charge is 0.209 e. The summed E-state index contributed by atoms with van der Waals surface area (Å²) in [7, 11) is 0. The molecule has 0 radical (unpaired) electrons. The van der Waals surface area contributed by atoms with Gasteiger partial charge in [0.2, 0.25) is 11.5 Å². The van der Waals surface area contributed by atoms with Crippen LogP contribution in [0.4, 0.5) is 5.13 Å². The fourth-order valence-electron chi connectivity index (χ4n) is 1.55. The van der Waals surface area contributed by atoms with Crippen molar-refractivity contribution in [2.45, 2.75) is 4.34 Å². The molecule has 94 valence electrons. The molecule has 0 aromatic carbocycles. The lowest BCUT2D eigenvalue weighted by Crippen LogP contribution is -2.45. The van der Waals surface area contributed by atoms with Gasteiger partial charge >= 0.3 is 0 Å². The lowest BCUT2D eigenvalue weighted by atomic mass is 10.3. The van der Waals surface area contributed by atoms with Gasteiger partial charge in [-0.25, -0.2) is 0 Å². The first kappa shape index (κ1) is 12.6. The van der Waals surface area contributed by atoms with Gasteiger partial charge in [-0.2, -0.15) is 0 Å². The number of piperazine rings is 1. The summed E-state index contributed by atoms with van der Waals surface area (Å²) in [6, 6.07) is 0. The van der Waals surface area contributed by atoms with Crippen molar-refractivity contribution in [1.29, 1.82) is 0 Å². The maximum atomic E-state index is 10.6. The van der Waals surface area contributed by atoms with Crippen molar-refractivity contribution in [3.05, 3.63) is 0 Å². The van der Waals surface area contributed by atoms with Gasteiger partial charge in [-0.1, -0.05) is 23.1 Å². The van der Waals surface area contributed by atoms with Crippen LogP contribution < -0.4 is 10.6 Å². The average molecular weight is 273 g/mol. The molecular weight excluding hydrogens is 258 g/mol. The molecule has 17 heavy (non-hydrogen) atoms. The Morgan fingerprint density at radius 2 is 2.12 bits per heavy atom. The molecule has 0 unspecified atom stereocenters. The zero-order chi connectivity index (χ0) is 12.1. The third-order valence-corrected chi connectivity index (χ3v) is 4.62. The standard InChI is InChI=1S/C9H15N5OS2/c10-1-6-16-9-12-11-8(17-9)14-4-2-13(7-15)3-5-14/h7H,1-6,10H2. The first-order chi connectivity index (χ1) is 8.33. The Morgan fingerprint density at radius 3 is 2.76 bits per heavy atom. The van der Waals surface area contributed by atoms with Gasteiger partial charge in [0.05, 0.1) is 0 Å². The van der Waals surface area contributed by atoms with Crippen molar-refractivity contribution in [1.82, 2.24) is 15.1 Å². The van der Waals surface area contributed by atoms with Crippen LogP contribution in [0.5, 0.6) is 0 Å². The van der Waals surface area contributed by atoms with Gasteiger partial charge < -0.3 is 15.5 Å². The molecular formula is C9H15N5OS2. The fraction of sp³-hybridized carbons (Fsp3) is 0.667. The number of aromatic nitrogens is 2. The summed E-state index contributed by atoms with van der Waals surface area (Å²) >= 11 is 3.23. The van der Waals surface area contributed by atoms with Gasteiger partial charge in [0.25, 0.3) is 0 Å². The summed E-state index contributed by atoms with van der Waals surface area (Å²) in [5.74, 6) is 0.869. The van der Waals surface area contributed by atoms with Crippen molar-refractivity contribution in [2.24, 2.45) is 5.73 Å². The molecule has 1 saturated heterocycles. The van der Waals surface area contributed by atoms with Crippen molar-refractivity contribution in [2.75, 3.05) is 43.4 Å². The van der Waals surface area contributed by atoms with Crippen molar-refractivity contribution < 1.29 is 4.79 Å². The lowest BCUT2D eigenvalue weighted by molar-refractivity contribution is -0.118. The number of amides is 1. The third kappa shape index (κ3) is 3.30. The molecule has 8 heteroatoms. The van der Waals surface area contributed by atoms with Crippen LogP contribution in [0.2, 0.25) is 0 Å². The van der Waals surface area contributed by atoms with Crippen LogP contribution >= 0.6 is 23.1 Å². The molecule has 0 bridgehead atoms. The minimum Gasteiger partial charge on any atom is -0.343 e. The number of anilines is 1. The molecule has 1 aromatic heterocycles. The minimum atomic E-state index is 0.650. The van der Waals surface area contributed by atoms with Crippen LogP contribution in [0.25, 0.3) is 0 Å². The average Bonchev–Trinajstić information content (AvgIpc) is 2.85. The second-order valence-electron chi connectivity index (χ2n) is 3.62. The van der Waals surface area contributed by atoms with Gasteiger partial charge in [0, 0.05) is 38.5 Å². The SMILES string of the molecule is NCCSc1nnc(N2CCN(C=O)CC2)s1. The van der Waals surface area contributed by atoms with Crippen LogP contribution in [0.15, 0.2) is 4.34 Å². The summed E-state index contributed by atoms with van der Waals surface area (Å²) in [5.41, 5.74) is 5.44. The predicted octanol–water partition coefficient (Wildman–Crippen LogP) is -0.133. The molecule has 0 saturated carbocycles. The zero-order valence-electron chi connectivity index (χ0n) is 9.41. The molecule has 1 aliphatic heterocycles. The Kier molecular flexibility index (Phi) is 4.57. The first-order valence-corrected chi connectivity index (χ1v) is 7.24. The van der Waals surface area contributed by atoms with Gasteiger partial charge in [-0.15, -0.1) is 10.2 Å². The van der Waals surface area contributed by atoms with Crippen molar-refractivity contribution in [3.63, 3.8) is 0 Å². The van der Waals surface area contributed by atoms with E-state index in [4.69, 9.17) is 5.73 Å².